The molecule has 0 radical (unpaired) electrons. The smallest absolute Gasteiger partial charge is 0.387 e. The van der Waals surface area contributed by atoms with Crippen LogP contribution in [0.5, 0.6) is 0 Å². The molecule has 0 spiro atoms. The molecule has 1 amide bonds. The zero-order valence-electron chi connectivity index (χ0n) is 49.6. The molecule has 0 aromatic rings. The number of aliphatic hydroxyl groups excluding tert-OH is 7. The number of rotatable bonds is 49. The second-order valence-electron chi connectivity index (χ2n) is 23.8. The highest BCUT2D eigenvalue weighted by molar-refractivity contribution is 7.47. The Morgan fingerprint density at radius 3 is 1.50 bits per heavy atom. The topological polar surface area (TPSA) is 263 Å². The number of allylic oxidation sites excluding steroid dienone is 1. The third kappa shape index (κ3) is 33.8. The molecule has 14 atom stereocenters. The normalized spacial score (nSPS) is 26.0. The minimum Gasteiger partial charge on any atom is -0.387 e. The number of ether oxygens (including phenoxy) is 4. The summed E-state index contributed by atoms with van der Waals surface area (Å²) in [5, 5.41) is 78.9. The van der Waals surface area contributed by atoms with Crippen LogP contribution < -0.4 is 5.32 Å². The van der Waals surface area contributed by atoms with Crippen molar-refractivity contribution < 1.29 is 82.5 Å². The molecule has 2 heterocycles. The van der Waals surface area contributed by atoms with E-state index in [9.17, 15) is 50.0 Å². The standard InChI is InChI=1S/C59H115N2O16P/c1-7-9-10-11-12-13-14-15-16-17-18-19-20-21-22-23-24-28-31-34-37-40-51(63)60-47(48(62)39-36-33-30-27-25-26-29-32-35-38-46(3)8-2)43-72-58-56(68)54(66)52(64)49(76-58)44-73-59-57(69)55(67)53(65)50(77-59)45-75-78(70,71)74-42-41-61(4,5)6/h36,39,46-50,52-59,62,64-69H,7-35,37-38,40-45H2,1-6H3,(H-,60,63,70,71)/p+1/b39-36+/t46?,47-,48+,49+,50+,52-,53-,54-,55-,56+,57+,58+,59+/m0/s1. The van der Waals surface area contributed by atoms with E-state index in [0.717, 1.165) is 50.9 Å². The number of quaternary nitrogens is 1. The molecule has 2 saturated heterocycles. The first-order valence-electron chi connectivity index (χ1n) is 31.0. The predicted molar refractivity (Wildman–Crippen MR) is 305 cm³/mol. The third-order valence-corrected chi connectivity index (χ3v) is 16.5. The lowest BCUT2D eigenvalue weighted by atomic mass is 9.98. The van der Waals surface area contributed by atoms with Gasteiger partial charge in [-0.3, -0.25) is 13.8 Å². The minimum atomic E-state index is -4.61. The van der Waals surface area contributed by atoms with Crippen LogP contribution in [0, 0.1) is 5.92 Å². The highest BCUT2D eigenvalue weighted by atomic mass is 31.2. The summed E-state index contributed by atoms with van der Waals surface area (Å²) in [6, 6.07) is -0.955. The Balaban J connectivity index is 1.88. The van der Waals surface area contributed by atoms with Gasteiger partial charge in [0.05, 0.1) is 53.1 Å². The van der Waals surface area contributed by atoms with Gasteiger partial charge in [-0.15, -0.1) is 0 Å². The predicted octanol–water partition coefficient (Wildman–Crippen LogP) is 9.04. The monoisotopic (exact) mass is 1140 g/mol. The molecule has 0 aromatic heterocycles. The zero-order chi connectivity index (χ0) is 57.6. The van der Waals surface area contributed by atoms with Gasteiger partial charge < -0.3 is 69.4 Å². The lowest BCUT2D eigenvalue weighted by Gasteiger charge is -2.43. The van der Waals surface area contributed by atoms with Crippen molar-refractivity contribution in [3.05, 3.63) is 12.2 Å². The molecule has 2 aliphatic rings. The van der Waals surface area contributed by atoms with Crippen LogP contribution in [0.4, 0.5) is 0 Å². The summed E-state index contributed by atoms with van der Waals surface area (Å²) >= 11 is 0. The molecule has 462 valence electrons. The van der Waals surface area contributed by atoms with Crippen LogP contribution in [0.25, 0.3) is 0 Å². The number of nitrogens with one attached hydrogen (secondary N) is 1. The maximum absolute atomic E-state index is 13.3. The van der Waals surface area contributed by atoms with Crippen molar-refractivity contribution in [3.8, 4) is 0 Å². The number of unbranched alkanes of at least 4 members (excludes halogenated alkanes) is 27. The Labute approximate surface area is 471 Å². The number of carbonyl (C=O) groups is 1. The third-order valence-electron chi connectivity index (χ3n) is 15.5. The summed E-state index contributed by atoms with van der Waals surface area (Å²) in [6.07, 6.45) is 23.9. The van der Waals surface area contributed by atoms with Crippen molar-refractivity contribution in [1.82, 2.24) is 5.32 Å². The Hall–Kier alpha value is -1.16. The summed E-state index contributed by atoms with van der Waals surface area (Å²) in [4.78, 5) is 23.5. The van der Waals surface area contributed by atoms with E-state index in [1.807, 2.05) is 27.2 Å². The fourth-order valence-electron chi connectivity index (χ4n) is 9.84. The molecule has 2 fully saturated rings. The number of phosphoric ester groups is 1. The molecular weight excluding hydrogens is 1020 g/mol. The lowest BCUT2D eigenvalue weighted by Crippen LogP contribution is -2.62. The fraction of sp³-hybridized carbons (Fsp3) is 0.949. The number of phosphoric acid groups is 1. The molecule has 0 saturated carbocycles. The van der Waals surface area contributed by atoms with Gasteiger partial charge in [-0.1, -0.05) is 213 Å². The summed E-state index contributed by atoms with van der Waals surface area (Å²) in [5.74, 6) is 0.526. The quantitative estimate of drug-likeness (QED) is 0.0119. The molecule has 18 nitrogen and oxygen atoms in total. The van der Waals surface area contributed by atoms with Crippen molar-refractivity contribution in [2.45, 2.75) is 300 Å². The fourth-order valence-corrected chi connectivity index (χ4v) is 10.6. The van der Waals surface area contributed by atoms with Gasteiger partial charge in [0.1, 0.15) is 62.0 Å². The number of amides is 1. The number of nitrogens with zero attached hydrogens (tertiary/aromatic N) is 1. The van der Waals surface area contributed by atoms with Crippen LogP contribution in [0.3, 0.4) is 0 Å². The molecule has 78 heavy (non-hydrogen) atoms. The van der Waals surface area contributed by atoms with Crippen LogP contribution >= 0.6 is 7.82 Å². The summed E-state index contributed by atoms with van der Waals surface area (Å²) < 4.78 is 46.0. The van der Waals surface area contributed by atoms with E-state index < -0.39 is 94.6 Å². The number of likely N-dealkylation sites (N-methyl/N-ethyl adjacent to an activating group) is 1. The molecule has 9 N–H and O–H groups in total. The second-order valence-corrected chi connectivity index (χ2v) is 25.2. The number of aliphatic hydroxyl groups is 7. The molecule has 2 aliphatic heterocycles. The zero-order valence-corrected chi connectivity index (χ0v) is 50.5. The van der Waals surface area contributed by atoms with Gasteiger partial charge in [-0.25, -0.2) is 4.57 Å². The largest absolute Gasteiger partial charge is 0.472 e. The van der Waals surface area contributed by atoms with Crippen LogP contribution in [-0.2, 0) is 37.4 Å². The molecule has 2 rings (SSSR count). The Kier molecular flexibility index (Phi) is 40.7. The molecule has 0 aromatic carbocycles. The Morgan fingerprint density at radius 1 is 0.590 bits per heavy atom. The molecule has 0 aliphatic carbocycles. The molecule has 2 unspecified atom stereocenters. The maximum Gasteiger partial charge on any atom is 0.472 e. The summed E-state index contributed by atoms with van der Waals surface area (Å²) in [6.45, 7) is 5.43. The average molecular weight is 1140 g/mol. The average Bonchev–Trinajstić information content (AvgIpc) is 3.43. The van der Waals surface area contributed by atoms with Gasteiger partial charge in [-0.05, 0) is 25.2 Å². The van der Waals surface area contributed by atoms with Crippen molar-refractivity contribution in [1.29, 1.82) is 0 Å². The highest BCUT2D eigenvalue weighted by Crippen LogP contribution is 2.44. The first-order chi connectivity index (χ1) is 37.3. The molecular formula is C59H116N2O16P+. The Morgan fingerprint density at radius 2 is 1.03 bits per heavy atom. The van der Waals surface area contributed by atoms with Gasteiger partial charge in [0.2, 0.25) is 5.91 Å². The van der Waals surface area contributed by atoms with Gasteiger partial charge >= 0.3 is 7.82 Å². The first kappa shape index (κ1) is 72.9. The van der Waals surface area contributed by atoms with Crippen molar-refractivity contribution in [2.75, 3.05) is 54.1 Å². The second kappa shape index (κ2) is 43.5. The first-order valence-corrected chi connectivity index (χ1v) is 32.5. The SMILES string of the molecule is CCCCCCCCCCCCCCCCCCCCCCCC(=O)N[C@@H](CO[C@@H]1O[C@H](CO[C@@H]2O[C@H](COP(=O)(O)OCC[N+](C)(C)C)[C@H](O)[C@H](O)[C@H]2O)[C@H](O)[C@H](O)[C@H]1O)[C@H](O)/C=C/CCCCCCCCCC(C)CC. The van der Waals surface area contributed by atoms with Crippen LogP contribution in [0.2, 0.25) is 0 Å². The molecule has 0 bridgehead atoms. The summed E-state index contributed by atoms with van der Waals surface area (Å²) in [7, 11) is 0.994. The highest BCUT2D eigenvalue weighted by Gasteiger charge is 2.48. The van der Waals surface area contributed by atoms with E-state index in [1.165, 1.54) is 148 Å². The Bertz CT molecular complexity index is 1550. The number of hydrogen-bond acceptors (Lipinski definition) is 15. The van der Waals surface area contributed by atoms with Crippen molar-refractivity contribution in [2.24, 2.45) is 5.92 Å². The van der Waals surface area contributed by atoms with E-state index in [4.69, 9.17) is 28.0 Å². The minimum absolute atomic E-state index is 0.112. The summed E-state index contributed by atoms with van der Waals surface area (Å²) in [5.41, 5.74) is 0. The van der Waals surface area contributed by atoms with Crippen LogP contribution in [0.1, 0.15) is 226 Å². The van der Waals surface area contributed by atoms with E-state index in [-0.39, 0.29) is 25.5 Å². The van der Waals surface area contributed by atoms with Gasteiger partial charge in [-0.2, -0.15) is 0 Å². The van der Waals surface area contributed by atoms with E-state index in [0.29, 0.717) is 17.4 Å². The van der Waals surface area contributed by atoms with E-state index in [2.05, 4.69) is 26.1 Å². The van der Waals surface area contributed by atoms with Gasteiger partial charge in [0.25, 0.3) is 0 Å². The van der Waals surface area contributed by atoms with Crippen molar-refractivity contribution in [3.63, 3.8) is 0 Å². The number of hydrogen-bond donors (Lipinski definition) is 9. The van der Waals surface area contributed by atoms with Crippen LogP contribution in [0.15, 0.2) is 12.2 Å². The van der Waals surface area contributed by atoms with Gasteiger partial charge in [0, 0.05) is 6.42 Å². The van der Waals surface area contributed by atoms with E-state index in [1.54, 1.807) is 6.08 Å². The van der Waals surface area contributed by atoms with Gasteiger partial charge in [0.15, 0.2) is 12.6 Å². The maximum atomic E-state index is 13.3. The van der Waals surface area contributed by atoms with Crippen LogP contribution in [-0.4, -0.2) is 179 Å². The number of carbonyl (C=O) groups excluding carboxylic acids is 1. The van der Waals surface area contributed by atoms with Crippen molar-refractivity contribution >= 4 is 13.7 Å². The lowest BCUT2D eigenvalue weighted by molar-refractivity contribution is -0.870. The van der Waals surface area contributed by atoms with E-state index >= 15 is 0 Å². The molecule has 19 heteroatoms.